The molecule has 0 N–H and O–H groups in total. The van der Waals surface area contributed by atoms with Crippen LogP contribution in [-0.2, 0) is 5.41 Å². The monoisotopic (exact) mass is 449 g/mol. The van der Waals surface area contributed by atoms with Crippen LogP contribution in [0.2, 0.25) is 0 Å². The number of hydrogen-bond acceptors (Lipinski definition) is 1. The third-order valence-corrected chi connectivity index (χ3v) is 8.01. The largest absolute Gasteiger partial charge is 0.455 e. The minimum absolute atomic E-state index is 0.00567. The van der Waals surface area contributed by atoms with Gasteiger partial charge in [-0.15, -0.1) is 0 Å². The second-order valence-electron chi connectivity index (χ2n) is 10.2. The number of nitrogens with zero attached hydrogens (tertiary/aromatic N) is 1. The number of hydrogen-bond donors (Lipinski definition) is 0. The third-order valence-electron chi connectivity index (χ3n) is 8.01. The van der Waals surface area contributed by atoms with E-state index < -0.39 is 0 Å². The summed E-state index contributed by atoms with van der Waals surface area (Å²) >= 11 is 0. The second-order valence-corrected chi connectivity index (χ2v) is 10.2. The number of para-hydroxylation sites is 2. The summed E-state index contributed by atoms with van der Waals surface area (Å²) in [5, 5.41) is 4.72. The van der Waals surface area contributed by atoms with Crippen LogP contribution in [0.5, 0.6) is 0 Å². The van der Waals surface area contributed by atoms with Crippen LogP contribution in [0.25, 0.3) is 60.6 Å². The maximum Gasteiger partial charge on any atom is 0.145 e. The molecule has 0 atom stereocenters. The van der Waals surface area contributed by atoms with E-state index in [1.165, 1.54) is 55.1 Å². The van der Waals surface area contributed by atoms with Crippen LogP contribution in [0, 0.1) is 0 Å². The Balaban J connectivity index is 1.48. The molecule has 0 unspecified atom stereocenters. The Labute approximate surface area is 203 Å². The van der Waals surface area contributed by atoms with Crippen LogP contribution in [0.4, 0.5) is 0 Å². The molecule has 2 heteroatoms. The molecule has 8 rings (SSSR count). The van der Waals surface area contributed by atoms with Gasteiger partial charge in [0.15, 0.2) is 0 Å². The number of fused-ring (bicyclic) bond motifs is 10. The molecular formula is C33H23NO. The normalized spacial score (nSPS) is 14.2. The van der Waals surface area contributed by atoms with Crippen molar-refractivity contribution in [2.45, 2.75) is 19.3 Å². The maximum absolute atomic E-state index is 6.46. The molecule has 0 bridgehead atoms. The highest BCUT2D eigenvalue weighted by Gasteiger charge is 2.35. The van der Waals surface area contributed by atoms with Crippen LogP contribution in [0.1, 0.15) is 25.0 Å². The summed E-state index contributed by atoms with van der Waals surface area (Å²) in [7, 11) is 0. The van der Waals surface area contributed by atoms with Crippen LogP contribution >= 0.6 is 0 Å². The second kappa shape index (κ2) is 6.43. The summed E-state index contributed by atoms with van der Waals surface area (Å²) < 4.78 is 8.85. The van der Waals surface area contributed by atoms with Gasteiger partial charge in [-0.2, -0.15) is 0 Å². The fourth-order valence-corrected chi connectivity index (χ4v) is 6.36. The molecule has 1 aliphatic carbocycles. The molecule has 2 heterocycles. The van der Waals surface area contributed by atoms with Gasteiger partial charge in [0, 0.05) is 27.3 Å². The molecule has 0 saturated carbocycles. The lowest BCUT2D eigenvalue weighted by Gasteiger charge is -2.21. The van der Waals surface area contributed by atoms with Crippen molar-refractivity contribution in [2.75, 3.05) is 0 Å². The Morgan fingerprint density at radius 2 is 1.34 bits per heavy atom. The maximum atomic E-state index is 6.46. The van der Waals surface area contributed by atoms with Gasteiger partial charge in [0.2, 0.25) is 0 Å². The van der Waals surface area contributed by atoms with E-state index in [0.717, 1.165) is 16.6 Å². The average Bonchev–Trinajstić information content (AvgIpc) is 3.50. The van der Waals surface area contributed by atoms with Crippen molar-refractivity contribution >= 4 is 43.7 Å². The summed E-state index contributed by atoms with van der Waals surface area (Å²) in [4.78, 5) is 0. The minimum atomic E-state index is 0.00567. The Hall–Kier alpha value is -4.30. The first-order chi connectivity index (χ1) is 17.1. The molecule has 166 valence electrons. The fourth-order valence-electron chi connectivity index (χ4n) is 6.36. The number of benzene rings is 5. The smallest absolute Gasteiger partial charge is 0.145 e. The van der Waals surface area contributed by atoms with Crippen molar-refractivity contribution < 1.29 is 4.42 Å². The molecule has 2 nitrogen and oxygen atoms in total. The molecule has 0 radical (unpaired) electrons. The first kappa shape index (κ1) is 19.1. The Morgan fingerprint density at radius 3 is 2.26 bits per heavy atom. The van der Waals surface area contributed by atoms with Crippen molar-refractivity contribution in [3.05, 3.63) is 114 Å². The van der Waals surface area contributed by atoms with Crippen LogP contribution in [-0.4, -0.2) is 4.57 Å². The van der Waals surface area contributed by atoms with Gasteiger partial charge in [-0.3, -0.25) is 0 Å². The van der Waals surface area contributed by atoms with Gasteiger partial charge < -0.3 is 8.98 Å². The van der Waals surface area contributed by atoms with Gasteiger partial charge in [-0.1, -0.05) is 80.6 Å². The van der Waals surface area contributed by atoms with E-state index >= 15 is 0 Å². The van der Waals surface area contributed by atoms with Gasteiger partial charge in [0.1, 0.15) is 11.2 Å². The average molecular weight is 450 g/mol. The van der Waals surface area contributed by atoms with Gasteiger partial charge in [-0.25, -0.2) is 0 Å². The standard InChI is InChI=1S/C33H23NO/c1-33(2)26-12-6-3-9-21(26)25-19-20(15-17-27(25)33)34-28-13-7-4-11-24(28)31-29(34)18-16-23-22-10-5-8-14-30(22)35-32(23)31/h3-19H,1-2H3. The fraction of sp³-hybridized carbons (Fsp3) is 0.0909. The minimum Gasteiger partial charge on any atom is -0.455 e. The van der Waals surface area contributed by atoms with E-state index in [-0.39, 0.29) is 5.41 Å². The molecule has 5 aromatic carbocycles. The van der Waals surface area contributed by atoms with E-state index in [4.69, 9.17) is 4.42 Å². The highest BCUT2D eigenvalue weighted by molar-refractivity contribution is 6.23. The lowest BCUT2D eigenvalue weighted by Crippen LogP contribution is -2.14. The SMILES string of the molecule is CC1(C)c2ccccc2-c2cc(-n3c4ccccc4c4c5oc6ccccc6c5ccc43)ccc21. The molecule has 1 aliphatic rings. The summed E-state index contributed by atoms with van der Waals surface area (Å²) in [5.41, 5.74) is 10.9. The summed E-state index contributed by atoms with van der Waals surface area (Å²) in [6.45, 7) is 4.66. The zero-order valence-corrected chi connectivity index (χ0v) is 19.7. The molecule has 2 aromatic heterocycles. The van der Waals surface area contributed by atoms with Crippen LogP contribution < -0.4 is 0 Å². The zero-order chi connectivity index (χ0) is 23.3. The molecule has 0 spiro atoms. The molecule has 0 aliphatic heterocycles. The number of rotatable bonds is 1. The van der Waals surface area contributed by atoms with Crippen molar-refractivity contribution in [3.63, 3.8) is 0 Å². The van der Waals surface area contributed by atoms with Crippen molar-refractivity contribution in [3.8, 4) is 16.8 Å². The lowest BCUT2D eigenvalue weighted by atomic mass is 9.82. The Kier molecular flexibility index (Phi) is 3.50. The molecule has 7 aromatic rings. The lowest BCUT2D eigenvalue weighted by molar-refractivity contribution is 0.660. The zero-order valence-electron chi connectivity index (χ0n) is 19.7. The van der Waals surface area contributed by atoms with Crippen molar-refractivity contribution in [1.29, 1.82) is 0 Å². The predicted octanol–water partition coefficient (Wildman–Crippen LogP) is 8.99. The Bertz CT molecular complexity index is 1980. The summed E-state index contributed by atoms with van der Waals surface area (Å²) in [6, 6.07) is 37.3. The summed E-state index contributed by atoms with van der Waals surface area (Å²) in [6.07, 6.45) is 0. The van der Waals surface area contributed by atoms with Crippen LogP contribution in [0.3, 0.4) is 0 Å². The highest BCUT2D eigenvalue weighted by atomic mass is 16.3. The van der Waals surface area contributed by atoms with Crippen molar-refractivity contribution in [1.82, 2.24) is 4.57 Å². The summed E-state index contributed by atoms with van der Waals surface area (Å²) in [5.74, 6) is 0. The van der Waals surface area contributed by atoms with Crippen molar-refractivity contribution in [2.24, 2.45) is 0 Å². The number of furan rings is 1. The van der Waals surface area contributed by atoms with E-state index in [9.17, 15) is 0 Å². The van der Waals surface area contributed by atoms with Gasteiger partial charge in [0.25, 0.3) is 0 Å². The van der Waals surface area contributed by atoms with E-state index in [0.29, 0.717) is 0 Å². The number of aromatic nitrogens is 1. The van der Waals surface area contributed by atoms with E-state index in [1.54, 1.807) is 0 Å². The Morgan fingerprint density at radius 1 is 0.600 bits per heavy atom. The topological polar surface area (TPSA) is 18.1 Å². The molecule has 0 amide bonds. The third kappa shape index (κ3) is 2.34. The quantitative estimate of drug-likeness (QED) is 0.244. The molecular weight excluding hydrogens is 426 g/mol. The van der Waals surface area contributed by atoms with Gasteiger partial charge in [-0.05, 0) is 58.7 Å². The van der Waals surface area contributed by atoms with Gasteiger partial charge in [0.05, 0.1) is 16.4 Å². The van der Waals surface area contributed by atoms with Gasteiger partial charge >= 0.3 is 0 Å². The van der Waals surface area contributed by atoms with E-state index in [2.05, 4.69) is 115 Å². The molecule has 35 heavy (non-hydrogen) atoms. The first-order valence-electron chi connectivity index (χ1n) is 12.2. The van der Waals surface area contributed by atoms with Crippen LogP contribution in [0.15, 0.2) is 108 Å². The first-order valence-corrected chi connectivity index (χ1v) is 12.2. The molecule has 0 saturated heterocycles. The highest BCUT2D eigenvalue weighted by Crippen LogP contribution is 2.49. The van der Waals surface area contributed by atoms with E-state index in [1.807, 2.05) is 6.07 Å². The predicted molar refractivity (Wildman–Crippen MR) is 146 cm³/mol. The molecule has 0 fully saturated rings.